The van der Waals surface area contributed by atoms with Gasteiger partial charge in [0.15, 0.2) is 23.0 Å². The number of primary amides is 1. The summed E-state index contributed by atoms with van der Waals surface area (Å²) in [4.78, 5) is 31.3. The first kappa shape index (κ1) is 28.6. The van der Waals surface area contributed by atoms with Gasteiger partial charge in [0.2, 0.25) is 0 Å². The Kier molecular flexibility index (Phi) is 8.48. The molecule has 1 amide bonds. The molecule has 0 fully saturated rings. The lowest BCUT2D eigenvalue weighted by Gasteiger charge is -2.18. The number of hydrogen-bond acceptors (Lipinski definition) is 8. The van der Waals surface area contributed by atoms with Crippen LogP contribution in [0.4, 0.5) is 0 Å². The van der Waals surface area contributed by atoms with Gasteiger partial charge in [0.25, 0.3) is 5.91 Å². The number of aromatic carboxylic acids is 1. The van der Waals surface area contributed by atoms with Gasteiger partial charge in [-0.3, -0.25) is 4.79 Å². The van der Waals surface area contributed by atoms with Crippen molar-refractivity contribution >= 4 is 57.1 Å². The molecule has 12 nitrogen and oxygen atoms in total. The number of carbonyl (C=O) groups excluding carboxylic acids is 1. The predicted molar refractivity (Wildman–Crippen MR) is 160 cm³/mol. The molecule has 2 unspecified atom stereocenters. The van der Waals surface area contributed by atoms with Gasteiger partial charge in [-0.2, -0.15) is 10.2 Å². The molecule has 2 aliphatic rings. The minimum atomic E-state index is -1.04. The normalized spacial score (nSPS) is 17.8. The number of aliphatic hydroxyl groups is 2. The second-order valence-corrected chi connectivity index (χ2v) is 12.0. The first-order chi connectivity index (χ1) is 19.1. The zero-order valence-electron chi connectivity index (χ0n) is 21.0. The summed E-state index contributed by atoms with van der Waals surface area (Å²) in [6, 6.07) is 7.44. The van der Waals surface area contributed by atoms with Crippen LogP contribution in [0.25, 0.3) is 11.6 Å². The van der Waals surface area contributed by atoms with E-state index in [1.54, 1.807) is 21.8 Å². The molecule has 0 aromatic carbocycles. The van der Waals surface area contributed by atoms with Crippen LogP contribution in [0.2, 0.25) is 0 Å². The van der Waals surface area contributed by atoms with Crippen molar-refractivity contribution in [3.63, 3.8) is 0 Å². The van der Waals surface area contributed by atoms with Gasteiger partial charge in [-0.25, -0.2) is 24.1 Å². The number of halogens is 2. The molecule has 0 bridgehead atoms. The van der Waals surface area contributed by atoms with E-state index < -0.39 is 24.1 Å². The number of aromatic nitrogens is 6. The van der Waals surface area contributed by atoms with Gasteiger partial charge in [0.1, 0.15) is 0 Å². The van der Waals surface area contributed by atoms with Crippen LogP contribution in [0, 0.1) is 7.14 Å². The third-order valence-corrected chi connectivity index (χ3v) is 8.12. The van der Waals surface area contributed by atoms with Gasteiger partial charge in [0.05, 0.1) is 23.6 Å². The lowest BCUT2D eigenvalue weighted by atomic mass is 9.93. The Morgan fingerprint density at radius 2 is 1.27 bits per heavy atom. The zero-order valence-corrected chi connectivity index (χ0v) is 25.4. The molecular weight excluding hydrogens is 744 g/mol. The lowest BCUT2D eigenvalue weighted by molar-refractivity contribution is 0.0687. The summed E-state index contributed by atoms with van der Waals surface area (Å²) in [5.41, 5.74) is 8.86. The highest BCUT2D eigenvalue weighted by molar-refractivity contribution is 14.1. The molecule has 0 aliphatic heterocycles. The fourth-order valence-corrected chi connectivity index (χ4v) is 5.83. The van der Waals surface area contributed by atoms with E-state index in [1.165, 1.54) is 0 Å². The minimum Gasteiger partial charge on any atom is -0.476 e. The van der Waals surface area contributed by atoms with Crippen molar-refractivity contribution in [3.05, 3.63) is 77.7 Å². The lowest BCUT2D eigenvalue weighted by Crippen LogP contribution is -2.22. The molecule has 5 N–H and O–H groups in total. The van der Waals surface area contributed by atoms with E-state index >= 15 is 0 Å². The van der Waals surface area contributed by atoms with Gasteiger partial charge < -0.3 is 21.1 Å². The Hall–Kier alpha value is -2.96. The topological polar surface area (TPSA) is 182 Å². The van der Waals surface area contributed by atoms with Crippen LogP contribution in [0.1, 0.15) is 56.3 Å². The Balaban J connectivity index is 0.000000161. The molecule has 2 aliphatic carbocycles. The largest absolute Gasteiger partial charge is 0.476 e. The highest BCUT2D eigenvalue weighted by Crippen LogP contribution is 2.28. The van der Waals surface area contributed by atoms with E-state index in [0.29, 0.717) is 55.7 Å². The van der Waals surface area contributed by atoms with Crippen molar-refractivity contribution in [2.75, 3.05) is 0 Å². The van der Waals surface area contributed by atoms with Gasteiger partial charge in [-0.15, -0.1) is 0 Å². The molecule has 0 spiro atoms. The number of carboxylic acids is 1. The summed E-state index contributed by atoms with van der Waals surface area (Å²) >= 11 is 4.36. The standard InChI is InChI=1S/C13H13IN4O2.C13H12IN3O3/c14-7-3-4-16-11(5-7)18-10-6-8(19)1-2-9(10)12(17-18)13(15)20;14-7-3-4-15-11(5-7)17-10-6-8(18)1-2-9(10)12(16-17)13(19)20/h3-5,8,19H,1-2,6H2,(H2,15,20);3-5,8,18H,1-2,6H2,(H,19,20). The smallest absolute Gasteiger partial charge is 0.356 e. The Labute approximate surface area is 255 Å². The molecule has 2 atom stereocenters. The van der Waals surface area contributed by atoms with Crippen molar-refractivity contribution in [2.45, 2.75) is 50.7 Å². The monoisotopic (exact) mass is 769 g/mol. The van der Waals surface area contributed by atoms with Crippen molar-refractivity contribution in [2.24, 2.45) is 5.73 Å². The molecule has 0 saturated carbocycles. The average Bonchev–Trinajstić information content (AvgIpc) is 3.48. The summed E-state index contributed by atoms with van der Waals surface area (Å²) in [5.74, 6) is -0.367. The maximum atomic E-state index is 11.5. The SMILES string of the molecule is NC(=O)c1nn(-c2cc(I)ccn2)c2c1CCC(O)C2.O=C(O)c1nn(-c2cc(I)ccn2)c2c1CCC(O)C2. The highest BCUT2D eigenvalue weighted by Gasteiger charge is 2.30. The Morgan fingerprint density at radius 3 is 1.70 bits per heavy atom. The summed E-state index contributed by atoms with van der Waals surface area (Å²) in [7, 11) is 0. The molecule has 0 radical (unpaired) electrons. The van der Waals surface area contributed by atoms with Crippen molar-refractivity contribution in [3.8, 4) is 11.6 Å². The van der Waals surface area contributed by atoms with Gasteiger partial charge in [-0.05, 0) is 95.1 Å². The minimum absolute atomic E-state index is 0.0626. The number of nitrogens with zero attached hydrogens (tertiary/aromatic N) is 6. The van der Waals surface area contributed by atoms with E-state index in [1.807, 2.05) is 24.3 Å². The van der Waals surface area contributed by atoms with Crippen molar-refractivity contribution in [1.82, 2.24) is 29.5 Å². The van der Waals surface area contributed by atoms with Crippen LogP contribution in [-0.2, 0) is 25.7 Å². The Morgan fingerprint density at radius 1 is 0.825 bits per heavy atom. The van der Waals surface area contributed by atoms with E-state index in [-0.39, 0.29) is 11.4 Å². The summed E-state index contributed by atoms with van der Waals surface area (Å²) in [5, 5.41) is 37.4. The fraction of sp³-hybridized carbons (Fsp3) is 0.308. The number of nitrogens with two attached hydrogens (primary N) is 1. The molecular formula is C26H25I2N7O5. The molecule has 4 aromatic heterocycles. The van der Waals surface area contributed by atoms with Crippen LogP contribution in [0.5, 0.6) is 0 Å². The van der Waals surface area contributed by atoms with Crippen molar-refractivity contribution in [1.29, 1.82) is 0 Å². The molecule has 0 saturated heterocycles. The van der Waals surface area contributed by atoms with E-state index in [9.17, 15) is 24.9 Å². The molecule has 4 aromatic rings. The number of aliphatic hydroxyl groups excluding tert-OH is 2. The average molecular weight is 769 g/mol. The van der Waals surface area contributed by atoms with Gasteiger partial charge >= 0.3 is 5.97 Å². The number of fused-ring (bicyclic) bond motifs is 2. The second-order valence-electron chi connectivity index (χ2n) is 9.50. The molecule has 14 heteroatoms. The third-order valence-electron chi connectivity index (χ3n) is 6.78. The van der Waals surface area contributed by atoms with Crippen LogP contribution in [0.15, 0.2) is 36.7 Å². The summed E-state index contributed by atoms with van der Waals surface area (Å²) < 4.78 is 5.18. The molecule has 40 heavy (non-hydrogen) atoms. The van der Waals surface area contributed by atoms with E-state index in [2.05, 4.69) is 65.3 Å². The maximum absolute atomic E-state index is 11.5. The number of hydrogen-bond donors (Lipinski definition) is 4. The number of pyridine rings is 2. The predicted octanol–water partition coefficient (Wildman–Crippen LogP) is 2.24. The van der Waals surface area contributed by atoms with Crippen LogP contribution < -0.4 is 5.73 Å². The first-order valence-electron chi connectivity index (χ1n) is 12.5. The number of amides is 1. The second kappa shape index (κ2) is 11.9. The zero-order chi connectivity index (χ0) is 28.6. The quantitative estimate of drug-likeness (QED) is 0.227. The van der Waals surface area contributed by atoms with Crippen molar-refractivity contribution < 1.29 is 24.9 Å². The third kappa shape index (κ3) is 5.89. The molecule has 4 heterocycles. The van der Waals surface area contributed by atoms with Crippen LogP contribution >= 0.6 is 45.2 Å². The fourth-order valence-electron chi connectivity index (χ4n) is 4.96. The summed E-state index contributed by atoms with van der Waals surface area (Å²) in [6.45, 7) is 0. The van der Waals surface area contributed by atoms with E-state index in [0.717, 1.165) is 24.1 Å². The summed E-state index contributed by atoms with van der Waals surface area (Å²) in [6.07, 6.45) is 5.67. The molecule has 208 valence electrons. The van der Waals surface area contributed by atoms with Gasteiger partial charge in [0, 0.05) is 43.5 Å². The number of carboxylic acid groups (broad SMARTS) is 1. The number of rotatable bonds is 4. The maximum Gasteiger partial charge on any atom is 0.356 e. The first-order valence-corrected chi connectivity index (χ1v) is 14.6. The van der Waals surface area contributed by atoms with Gasteiger partial charge in [-0.1, -0.05) is 0 Å². The number of carbonyl (C=O) groups is 2. The highest BCUT2D eigenvalue weighted by atomic mass is 127. The molecule has 6 rings (SSSR count). The van der Waals surface area contributed by atoms with Crippen LogP contribution in [0.3, 0.4) is 0 Å². The Bertz CT molecular complexity index is 1480. The van der Waals surface area contributed by atoms with Crippen LogP contribution in [-0.4, -0.2) is 68.9 Å². The van der Waals surface area contributed by atoms with E-state index in [4.69, 9.17) is 5.73 Å².